The van der Waals surface area contributed by atoms with Crippen LogP contribution in [0, 0.1) is 5.41 Å². The van der Waals surface area contributed by atoms with Crippen LogP contribution in [-0.4, -0.2) is 30.8 Å². The van der Waals surface area contributed by atoms with Crippen molar-refractivity contribution in [1.82, 2.24) is 4.90 Å². The Morgan fingerprint density at radius 2 is 1.66 bits per heavy atom. The van der Waals surface area contributed by atoms with E-state index in [1.807, 2.05) is 93.2 Å². The second kappa shape index (κ2) is 9.73. The normalized spacial score (nSPS) is 11.2. The van der Waals surface area contributed by atoms with Crippen LogP contribution in [-0.2, 0) is 17.9 Å². The van der Waals surface area contributed by atoms with Gasteiger partial charge in [0.15, 0.2) is 5.76 Å². The summed E-state index contributed by atoms with van der Waals surface area (Å²) < 4.78 is 5.19. The minimum absolute atomic E-state index is 0.0658. The van der Waals surface area contributed by atoms with Crippen molar-refractivity contribution in [2.24, 2.45) is 5.41 Å². The van der Waals surface area contributed by atoms with Crippen LogP contribution in [0.3, 0.4) is 0 Å². The van der Waals surface area contributed by atoms with Crippen LogP contribution in [0.4, 0.5) is 11.4 Å². The fraction of sp³-hybridized carbons (Fsp3) is 0.308. The molecule has 0 spiro atoms. The summed E-state index contributed by atoms with van der Waals surface area (Å²) in [5.74, 6) is -0.00148. The number of carbonyl (C=O) groups is 2. The zero-order valence-corrected chi connectivity index (χ0v) is 19.4. The largest absolute Gasteiger partial charge is 0.459 e. The van der Waals surface area contributed by atoms with Crippen LogP contribution in [0.1, 0.15) is 42.5 Å². The molecule has 1 heterocycles. The van der Waals surface area contributed by atoms with Crippen LogP contribution >= 0.6 is 0 Å². The van der Waals surface area contributed by atoms with E-state index in [-0.39, 0.29) is 17.6 Å². The molecule has 1 N–H and O–H groups in total. The van der Waals surface area contributed by atoms with Crippen LogP contribution in [0.25, 0.3) is 0 Å². The van der Waals surface area contributed by atoms with Gasteiger partial charge in [-0.05, 0) is 41.5 Å². The van der Waals surface area contributed by atoms with Crippen molar-refractivity contribution in [3.05, 3.63) is 83.8 Å². The van der Waals surface area contributed by atoms with Gasteiger partial charge in [0.25, 0.3) is 5.91 Å². The van der Waals surface area contributed by atoms with Gasteiger partial charge in [0.2, 0.25) is 5.91 Å². The van der Waals surface area contributed by atoms with Crippen molar-refractivity contribution in [2.75, 3.05) is 24.3 Å². The molecule has 3 aromatic rings. The summed E-state index contributed by atoms with van der Waals surface area (Å²) in [4.78, 5) is 29.6. The molecule has 0 aliphatic heterocycles. The topological polar surface area (TPSA) is 65.8 Å². The molecule has 0 radical (unpaired) electrons. The van der Waals surface area contributed by atoms with E-state index in [0.29, 0.717) is 18.8 Å². The van der Waals surface area contributed by atoms with Gasteiger partial charge in [0.1, 0.15) is 0 Å². The summed E-state index contributed by atoms with van der Waals surface area (Å²) in [7, 11) is 3.93. The van der Waals surface area contributed by atoms with E-state index < -0.39 is 5.41 Å². The second-order valence-corrected chi connectivity index (χ2v) is 9.07. The maximum Gasteiger partial charge on any atom is 0.291 e. The molecule has 0 aliphatic rings. The number of rotatable bonds is 7. The molecular weight excluding hydrogens is 402 g/mol. The number of furan rings is 1. The number of amides is 2. The van der Waals surface area contributed by atoms with Crippen molar-refractivity contribution < 1.29 is 14.0 Å². The van der Waals surface area contributed by atoms with E-state index in [1.54, 1.807) is 12.1 Å². The molecule has 0 aliphatic carbocycles. The minimum atomic E-state index is -0.516. The molecule has 6 nitrogen and oxygen atoms in total. The third kappa shape index (κ3) is 5.78. The summed E-state index contributed by atoms with van der Waals surface area (Å²) in [6.45, 7) is 6.72. The Labute approximate surface area is 189 Å². The number of nitrogens with zero attached hydrogens (tertiary/aromatic N) is 2. The molecule has 0 atom stereocenters. The highest BCUT2D eigenvalue weighted by Crippen LogP contribution is 2.28. The molecule has 2 aromatic carbocycles. The lowest BCUT2D eigenvalue weighted by Gasteiger charge is -2.31. The summed E-state index contributed by atoms with van der Waals surface area (Å²) >= 11 is 0. The van der Waals surface area contributed by atoms with Gasteiger partial charge < -0.3 is 19.5 Å². The number of anilines is 2. The first-order valence-electron chi connectivity index (χ1n) is 10.6. The van der Waals surface area contributed by atoms with E-state index in [1.165, 1.54) is 6.26 Å². The van der Waals surface area contributed by atoms with Gasteiger partial charge in [-0.1, -0.05) is 51.1 Å². The molecule has 0 saturated heterocycles. The lowest BCUT2D eigenvalue weighted by atomic mass is 9.94. The maximum atomic E-state index is 13.3. The molecule has 6 heteroatoms. The van der Waals surface area contributed by atoms with Crippen molar-refractivity contribution >= 4 is 23.2 Å². The van der Waals surface area contributed by atoms with Gasteiger partial charge in [0, 0.05) is 44.0 Å². The molecule has 0 unspecified atom stereocenters. The standard InChI is InChI=1S/C26H31N3O3/c1-26(2,3)25(31)29(17-19-10-7-6-8-11-19)18-20-16-21(13-14-22(20)28(4)5)27-24(30)23-12-9-15-32-23/h6-16H,17-18H2,1-5H3,(H,27,30). The van der Waals surface area contributed by atoms with Crippen molar-refractivity contribution in [3.8, 4) is 0 Å². The van der Waals surface area contributed by atoms with E-state index in [9.17, 15) is 9.59 Å². The van der Waals surface area contributed by atoms with Gasteiger partial charge in [-0.2, -0.15) is 0 Å². The predicted molar refractivity (Wildman–Crippen MR) is 128 cm³/mol. The van der Waals surface area contributed by atoms with Crippen molar-refractivity contribution in [1.29, 1.82) is 0 Å². The number of hydrogen-bond donors (Lipinski definition) is 1. The third-order valence-corrected chi connectivity index (χ3v) is 5.07. The monoisotopic (exact) mass is 433 g/mol. The van der Waals surface area contributed by atoms with Crippen LogP contribution < -0.4 is 10.2 Å². The first-order valence-corrected chi connectivity index (χ1v) is 10.6. The van der Waals surface area contributed by atoms with Crippen molar-refractivity contribution in [3.63, 3.8) is 0 Å². The van der Waals surface area contributed by atoms with Crippen molar-refractivity contribution in [2.45, 2.75) is 33.9 Å². The Kier molecular flexibility index (Phi) is 7.03. The minimum Gasteiger partial charge on any atom is -0.459 e. The van der Waals surface area contributed by atoms with Gasteiger partial charge in [-0.25, -0.2) is 0 Å². The first-order chi connectivity index (χ1) is 15.1. The van der Waals surface area contributed by atoms with E-state index in [2.05, 4.69) is 5.32 Å². The quantitative estimate of drug-likeness (QED) is 0.558. The molecule has 0 fully saturated rings. The average molecular weight is 434 g/mol. The van der Waals surface area contributed by atoms with Crippen LogP contribution in [0.2, 0.25) is 0 Å². The van der Waals surface area contributed by atoms with Crippen LogP contribution in [0.5, 0.6) is 0 Å². The molecule has 168 valence electrons. The molecule has 0 saturated carbocycles. The molecule has 0 bridgehead atoms. The van der Waals surface area contributed by atoms with Gasteiger partial charge in [-0.15, -0.1) is 0 Å². The lowest BCUT2D eigenvalue weighted by Crippen LogP contribution is -2.38. The molecule has 3 rings (SSSR count). The van der Waals surface area contributed by atoms with Gasteiger partial charge >= 0.3 is 0 Å². The van der Waals surface area contributed by atoms with E-state index in [4.69, 9.17) is 4.42 Å². The Morgan fingerprint density at radius 3 is 2.25 bits per heavy atom. The summed E-state index contributed by atoms with van der Waals surface area (Å²) in [6, 6.07) is 19.0. The zero-order chi connectivity index (χ0) is 23.3. The Balaban J connectivity index is 1.92. The smallest absolute Gasteiger partial charge is 0.291 e. The maximum absolute atomic E-state index is 13.3. The summed E-state index contributed by atoms with van der Waals surface area (Å²) in [5, 5.41) is 2.88. The SMILES string of the molecule is CN(C)c1ccc(NC(=O)c2ccco2)cc1CN(Cc1ccccc1)C(=O)C(C)(C)C. The average Bonchev–Trinajstić information content (AvgIpc) is 3.28. The zero-order valence-electron chi connectivity index (χ0n) is 19.4. The number of hydrogen-bond acceptors (Lipinski definition) is 4. The van der Waals surface area contributed by atoms with Gasteiger partial charge in [-0.3, -0.25) is 9.59 Å². The third-order valence-electron chi connectivity index (χ3n) is 5.07. The second-order valence-electron chi connectivity index (χ2n) is 9.07. The first kappa shape index (κ1) is 23.1. The summed E-state index contributed by atoms with van der Waals surface area (Å²) in [6.07, 6.45) is 1.47. The molecular formula is C26H31N3O3. The summed E-state index contributed by atoms with van der Waals surface area (Å²) in [5.41, 5.74) is 3.13. The number of carbonyl (C=O) groups excluding carboxylic acids is 2. The van der Waals surface area contributed by atoms with E-state index in [0.717, 1.165) is 16.8 Å². The Morgan fingerprint density at radius 1 is 0.938 bits per heavy atom. The highest BCUT2D eigenvalue weighted by Gasteiger charge is 2.28. The Bertz CT molecular complexity index is 1050. The van der Waals surface area contributed by atoms with E-state index >= 15 is 0 Å². The Hall–Kier alpha value is -3.54. The van der Waals surface area contributed by atoms with Crippen LogP contribution in [0.15, 0.2) is 71.3 Å². The molecule has 2 amide bonds. The highest BCUT2D eigenvalue weighted by molar-refractivity contribution is 6.02. The predicted octanol–water partition coefficient (Wildman–Crippen LogP) is 5.17. The van der Waals surface area contributed by atoms with Gasteiger partial charge in [0.05, 0.1) is 6.26 Å². The highest BCUT2D eigenvalue weighted by atomic mass is 16.3. The molecule has 1 aromatic heterocycles. The molecule has 32 heavy (non-hydrogen) atoms. The number of benzene rings is 2. The fourth-order valence-electron chi connectivity index (χ4n) is 3.51. The fourth-order valence-corrected chi connectivity index (χ4v) is 3.51. The lowest BCUT2D eigenvalue weighted by molar-refractivity contribution is -0.140. The number of nitrogens with one attached hydrogen (secondary N) is 1.